The van der Waals surface area contributed by atoms with Gasteiger partial charge < -0.3 is 14.8 Å². The molecule has 0 unspecified atom stereocenters. The molecule has 4 aliphatic carbocycles. The molecule has 1 aromatic rings. The fraction of sp³-hybridized carbons (Fsp3) is 0.632. The maximum atomic E-state index is 12.7. The van der Waals surface area contributed by atoms with Gasteiger partial charge in [0.2, 0.25) is 0 Å². The van der Waals surface area contributed by atoms with Crippen molar-refractivity contribution >= 4 is 5.91 Å². The van der Waals surface area contributed by atoms with Crippen molar-refractivity contribution in [1.29, 1.82) is 0 Å². The average molecular weight is 315 g/mol. The van der Waals surface area contributed by atoms with Crippen LogP contribution in [0, 0.1) is 23.7 Å². The molecule has 0 aromatic heterocycles. The van der Waals surface area contributed by atoms with E-state index in [9.17, 15) is 4.79 Å². The summed E-state index contributed by atoms with van der Waals surface area (Å²) in [7, 11) is 3.20. The summed E-state index contributed by atoms with van der Waals surface area (Å²) in [6.45, 7) is 0. The zero-order valence-electron chi connectivity index (χ0n) is 13.9. The van der Waals surface area contributed by atoms with Crippen LogP contribution in [0.25, 0.3) is 0 Å². The number of rotatable bonds is 4. The molecule has 0 saturated heterocycles. The number of hydrogen-bond donors (Lipinski definition) is 1. The second-order valence-electron chi connectivity index (χ2n) is 7.50. The van der Waals surface area contributed by atoms with Gasteiger partial charge in [0.15, 0.2) is 11.5 Å². The van der Waals surface area contributed by atoms with Crippen molar-refractivity contribution in [3.63, 3.8) is 0 Å². The Morgan fingerprint density at radius 2 is 1.57 bits per heavy atom. The fourth-order valence-corrected chi connectivity index (χ4v) is 5.37. The predicted octanol–water partition coefficient (Wildman–Crippen LogP) is 3.26. The Balaban J connectivity index is 1.50. The number of ether oxygens (including phenoxy) is 2. The summed E-state index contributed by atoms with van der Waals surface area (Å²) in [4.78, 5) is 12.7. The van der Waals surface area contributed by atoms with Crippen LogP contribution in [0.15, 0.2) is 18.2 Å². The Morgan fingerprint density at radius 3 is 2.13 bits per heavy atom. The fourth-order valence-electron chi connectivity index (χ4n) is 5.37. The molecule has 1 N–H and O–H groups in total. The molecule has 4 fully saturated rings. The Labute approximate surface area is 137 Å². The van der Waals surface area contributed by atoms with Crippen LogP contribution in [0.5, 0.6) is 11.5 Å². The van der Waals surface area contributed by atoms with Gasteiger partial charge in [-0.15, -0.1) is 0 Å². The molecule has 0 spiro atoms. The molecule has 4 aliphatic rings. The van der Waals surface area contributed by atoms with Crippen LogP contribution in [0.4, 0.5) is 0 Å². The minimum atomic E-state index is 0.0171. The van der Waals surface area contributed by atoms with Gasteiger partial charge in [-0.05, 0) is 74.0 Å². The van der Waals surface area contributed by atoms with Gasteiger partial charge in [0.05, 0.1) is 14.2 Å². The highest BCUT2D eigenvalue weighted by molar-refractivity contribution is 5.95. The van der Waals surface area contributed by atoms with Crippen LogP contribution in [0.2, 0.25) is 0 Å². The van der Waals surface area contributed by atoms with Gasteiger partial charge in [-0.2, -0.15) is 0 Å². The molecule has 0 radical (unpaired) electrons. The maximum Gasteiger partial charge on any atom is 0.251 e. The van der Waals surface area contributed by atoms with Crippen molar-refractivity contribution in [1.82, 2.24) is 5.32 Å². The summed E-state index contributed by atoms with van der Waals surface area (Å²) in [5.74, 6) is 4.50. The van der Waals surface area contributed by atoms with Gasteiger partial charge in [0, 0.05) is 11.6 Å². The molecule has 0 atom stereocenters. The van der Waals surface area contributed by atoms with Crippen LogP contribution < -0.4 is 14.8 Å². The van der Waals surface area contributed by atoms with Gasteiger partial charge >= 0.3 is 0 Å². The van der Waals surface area contributed by atoms with Crippen LogP contribution in [-0.4, -0.2) is 26.2 Å². The van der Waals surface area contributed by atoms with Crippen molar-refractivity contribution in [2.75, 3.05) is 14.2 Å². The number of benzene rings is 1. The summed E-state index contributed by atoms with van der Waals surface area (Å²) in [5, 5.41) is 3.33. The van der Waals surface area contributed by atoms with Gasteiger partial charge in [-0.25, -0.2) is 0 Å². The van der Waals surface area contributed by atoms with E-state index >= 15 is 0 Å². The van der Waals surface area contributed by atoms with E-state index in [1.165, 1.54) is 32.1 Å². The topological polar surface area (TPSA) is 47.6 Å². The van der Waals surface area contributed by atoms with Crippen LogP contribution in [0.1, 0.15) is 42.5 Å². The largest absolute Gasteiger partial charge is 0.493 e. The standard InChI is InChI=1S/C19H25NO3/c1-22-16-4-3-13(10-17(16)23-2)19(21)20-18-14-6-11-5-12(8-14)9-15(18)7-11/h3-4,10-12,14-15,18H,5-9H2,1-2H3,(H,20,21). The van der Waals surface area contributed by atoms with Crippen molar-refractivity contribution < 1.29 is 14.3 Å². The lowest BCUT2D eigenvalue weighted by Crippen LogP contribution is -2.55. The minimum Gasteiger partial charge on any atom is -0.493 e. The first-order chi connectivity index (χ1) is 11.2. The molecule has 4 saturated carbocycles. The number of amides is 1. The summed E-state index contributed by atoms with van der Waals surface area (Å²) >= 11 is 0. The third-order valence-corrected chi connectivity index (χ3v) is 6.17. The van der Waals surface area contributed by atoms with E-state index < -0.39 is 0 Å². The Hall–Kier alpha value is -1.71. The van der Waals surface area contributed by atoms with E-state index in [1.54, 1.807) is 26.4 Å². The highest BCUT2D eigenvalue weighted by Crippen LogP contribution is 2.53. The van der Waals surface area contributed by atoms with E-state index in [1.807, 2.05) is 6.07 Å². The quantitative estimate of drug-likeness (QED) is 0.928. The third kappa shape index (κ3) is 2.58. The van der Waals surface area contributed by atoms with Crippen molar-refractivity contribution in [3.05, 3.63) is 23.8 Å². The highest BCUT2D eigenvalue weighted by Gasteiger charge is 2.48. The van der Waals surface area contributed by atoms with E-state index in [0.717, 1.165) is 11.8 Å². The zero-order valence-corrected chi connectivity index (χ0v) is 13.9. The number of methoxy groups -OCH3 is 2. The lowest BCUT2D eigenvalue weighted by atomic mass is 9.54. The number of carbonyl (C=O) groups is 1. The Kier molecular flexibility index (Phi) is 3.70. The number of nitrogens with one attached hydrogen (secondary N) is 1. The molecular weight excluding hydrogens is 290 g/mol. The summed E-state index contributed by atoms with van der Waals surface area (Å²) in [5.41, 5.74) is 0.649. The molecule has 4 bridgehead atoms. The molecule has 23 heavy (non-hydrogen) atoms. The second kappa shape index (κ2) is 5.73. The molecule has 1 amide bonds. The summed E-state index contributed by atoms with van der Waals surface area (Å²) in [6, 6.07) is 5.74. The van der Waals surface area contributed by atoms with E-state index in [-0.39, 0.29) is 5.91 Å². The van der Waals surface area contributed by atoms with Crippen molar-refractivity contribution in [2.24, 2.45) is 23.7 Å². The van der Waals surface area contributed by atoms with Crippen LogP contribution >= 0.6 is 0 Å². The number of carbonyl (C=O) groups excluding carboxylic acids is 1. The zero-order chi connectivity index (χ0) is 16.0. The van der Waals surface area contributed by atoms with E-state index in [4.69, 9.17) is 9.47 Å². The minimum absolute atomic E-state index is 0.0171. The van der Waals surface area contributed by atoms with Crippen LogP contribution in [-0.2, 0) is 0 Å². The molecule has 4 nitrogen and oxygen atoms in total. The lowest BCUT2D eigenvalue weighted by Gasteiger charge is -2.54. The maximum absolute atomic E-state index is 12.7. The molecule has 1 aromatic carbocycles. The summed E-state index contributed by atoms with van der Waals surface area (Å²) < 4.78 is 10.5. The van der Waals surface area contributed by atoms with Gasteiger partial charge in [-0.3, -0.25) is 4.79 Å². The molecule has 5 rings (SSSR count). The van der Waals surface area contributed by atoms with Crippen molar-refractivity contribution in [2.45, 2.75) is 38.1 Å². The Bertz CT molecular complexity index is 585. The molecule has 124 valence electrons. The first-order valence-electron chi connectivity index (χ1n) is 8.70. The van der Waals surface area contributed by atoms with Gasteiger partial charge in [-0.1, -0.05) is 0 Å². The highest BCUT2D eigenvalue weighted by atomic mass is 16.5. The third-order valence-electron chi connectivity index (χ3n) is 6.17. The van der Waals surface area contributed by atoms with E-state index in [2.05, 4.69) is 5.32 Å². The predicted molar refractivity (Wildman–Crippen MR) is 87.8 cm³/mol. The first kappa shape index (κ1) is 14.9. The van der Waals surface area contributed by atoms with Crippen molar-refractivity contribution in [3.8, 4) is 11.5 Å². The number of hydrogen-bond acceptors (Lipinski definition) is 3. The second-order valence-corrected chi connectivity index (χ2v) is 7.50. The molecule has 4 heteroatoms. The first-order valence-corrected chi connectivity index (χ1v) is 8.70. The lowest BCUT2D eigenvalue weighted by molar-refractivity contribution is -0.0119. The van der Waals surface area contributed by atoms with Gasteiger partial charge in [0.1, 0.15) is 0 Å². The van der Waals surface area contributed by atoms with Gasteiger partial charge in [0.25, 0.3) is 5.91 Å². The SMILES string of the molecule is COc1ccc(C(=O)NC2C3CC4CC(C3)CC2C4)cc1OC. The molecule has 0 heterocycles. The molecule has 0 aliphatic heterocycles. The molecular formula is C19H25NO3. The average Bonchev–Trinajstić information content (AvgIpc) is 2.56. The normalized spacial score (nSPS) is 34.3. The van der Waals surface area contributed by atoms with E-state index in [0.29, 0.717) is 34.9 Å². The monoisotopic (exact) mass is 315 g/mol. The summed E-state index contributed by atoms with van der Waals surface area (Å²) in [6.07, 6.45) is 6.67. The Morgan fingerprint density at radius 1 is 0.957 bits per heavy atom. The van der Waals surface area contributed by atoms with Crippen LogP contribution in [0.3, 0.4) is 0 Å². The smallest absolute Gasteiger partial charge is 0.251 e.